The van der Waals surface area contributed by atoms with Gasteiger partial charge in [0.15, 0.2) is 0 Å². The van der Waals surface area contributed by atoms with E-state index in [2.05, 4.69) is 12.2 Å². The molecule has 2 nitrogen and oxygen atoms in total. The van der Waals surface area contributed by atoms with Crippen LogP contribution in [0.4, 0.5) is 0 Å². The number of carbonyl (C=O) groups excluding carboxylic acids is 1. The van der Waals surface area contributed by atoms with E-state index in [0.717, 1.165) is 24.7 Å². The monoisotopic (exact) mass is 235 g/mol. The molecular formula is C15H25NO. The largest absolute Gasteiger partial charge is 0.350 e. The Hall–Kier alpha value is -0.530. The van der Waals surface area contributed by atoms with Gasteiger partial charge in [-0.2, -0.15) is 0 Å². The highest BCUT2D eigenvalue weighted by Crippen LogP contribution is 2.47. The molecule has 3 fully saturated rings. The van der Waals surface area contributed by atoms with Gasteiger partial charge in [-0.3, -0.25) is 4.79 Å². The van der Waals surface area contributed by atoms with Gasteiger partial charge in [0.05, 0.1) is 0 Å². The fourth-order valence-electron chi connectivity index (χ4n) is 4.25. The summed E-state index contributed by atoms with van der Waals surface area (Å²) in [5.74, 6) is 2.45. The third-order valence-corrected chi connectivity index (χ3v) is 5.52. The minimum absolute atomic E-state index is 0.227. The van der Waals surface area contributed by atoms with Crippen LogP contribution in [0.2, 0.25) is 0 Å². The highest BCUT2D eigenvalue weighted by atomic mass is 16.2. The predicted octanol–water partition coefficient (Wildman–Crippen LogP) is 3.26. The molecular weight excluding hydrogens is 210 g/mol. The van der Waals surface area contributed by atoms with Gasteiger partial charge in [-0.25, -0.2) is 0 Å². The summed E-state index contributed by atoms with van der Waals surface area (Å²) in [5.41, 5.74) is 0.227. The molecule has 2 heteroatoms. The lowest BCUT2D eigenvalue weighted by atomic mass is 9.82. The van der Waals surface area contributed by atoms with E-state index >= 15 is 0 Å². The van der Waals surface area contributed by atoms with E-state index in [1.165, 1.54) is 44.9 Å². The van der Waals surface area contributed by atoms with Crippen LogP contribution in [0.15, 0.2) is 0 Å². The predicted molar refractivity (Wildman–Crippen MR) is 68.6 cm³/mol. The van der Waals surface area contributed by atoms with Gasteiger partial charge < -0.3 is 5.32 Å². The lowest BCUT2D eigenvalue weighted by Gasteiger charge is -2.32. The highest BCUT2D eigenvalue weighted by Gasteiger charge is 2.46. The smallest absolute Gasteiger partial charge is 0.223 e. The first-order chi connectivity index (χ1) is 8.17. The van der Waals surface area contributed by atoms with E-state index in [-0.39, 0.29) is 5.54 Å². The average Bonchev–Trinajstić information content (AvgIpc) is 2.89. The van der Waals surface area contributed by atoms with E-state index in [9.17, 15) is 4.79 Å². The minimum atomic E-state index is 0.227. The molecule has 1 N–H and O–H groups in total. The molecule has 0 radical (unpaired) electrons. The summed E-state index contributed by atoms with van der Waals surface area (Å²) in [5, 5.41) is 3.43. The minimum Gasteiger partial charge on any atom is -0.350 e. The van der Waals surface area contributed by atoms with Crippen LogP contribution in [-0.4, -0.2) is 11.4 Å². The average molecular weight is 235 g/mol. The standard InChI is InChI=1S/C15H25NO/c1-11-2-4-13(5-3-11)14(17)16-15-8-6-12(10-15)7-9-15/h11-13H,2-10H2,1H3,(H,16,17). The zero-order chi connectivity index (χ0) is 11.9. The van der Waals surface area contributed by atoms with Crippen molar-refractivity contribution in [3.63, 3.8) is 0 Å². The van der Waals surface area contributed by atoms with E-state index in [1.54, 1.807) is 0 Å². The van der Waals surface area contributed by atoms with Gasteiger partial charge in [0.1, 0.15) is 0 Å². The van der Waals surface area contributed by atoms with E-state index < -0.39 is 0 Å². The number of nitrogens with one attached hydrogen (secondary N) is 1. The molecule has 2 bridgehead atoms. The number of hydrogen-bond acceptors (Lipinski definition) is 1. The van der Waals surface area contributed by atoms with Gasteiger partial charge in [-0.05, 0) is 69.6 Å². The Bertz CT molecular complexity index is 296. The van der Waals surface area contributed by atoms with Crippen LogP contribution >= 0.6 is 0 Å². The summed E-state index contributed by atoms with van der Waals surface area (Å²) >= 11 is 0. The number of rotatable bonds is 2. The first-order valence-electron chi connectivity index (χ1n) is 7.49. The molecule has 3 aliphatic rings. The Morgan fingerprint density at radius 2 is 1.71 bits per heavy atom. The number of amides is 1. The summed E-state index contributed by atoms with van der Waals surface area (Å²) in [7, 11) is 0. The first-order valence-corrected chi connectivity index (χ1v) is 7.49. The quantitative estimate of drug-likeness (QED) is 0.782. The molecule has 0 unspecified atom stereocenters. The second-order valence-corrected chi connectivity index (χ2v) is 6.87. The van der Waals surface area contributed by atoms with Crippen LogP contribution in [0.25, 0.3) is 0 Å². The number of fused-ring (bicyclic) bond motifs is 2. The Balaban J connectivity index is 1.56. The van der Waals surface area contributed by atoms with Crippen LogP contribution in [0.1, 0.15) is 64.7 Å². The number of hydrogen-bond donors (Lipinski definition) is 1. The molecule has 3 rings (SSSR count). The van der Waals surface area contributed by atoms with Crippen molar-refractivity contribution in [2.24, 2.45) is 17.8 Å². The lowest BCUT2D eigenvalue weighted by molar-refractivity contribution is -0.128. The molecule has 17 heavy (non-hydrogen) atoms. The zero-order valence-corrected chi connectivity index (χ0v) is 11.0. The van der Waals surface area contributed by atoms with Crippen molar-refractivity contribution in [2.75, 3.05) is 0 Å². The summed E-state index contributed by atoms with van der Waals surface area (Å²) in [6.07, 6.45) is 11.2. The zero-order valence-electron chi connectivity index (χ0n) is 11.0. The molecule has 96 valence electrons. The molecule has 0 spiro atoms. The van der Waals surface area contributed by atoms with Crippen LogP contribution < -0.4 is 5.32 Å². The van der Waals surface area contributed by atoms with Crippen molar-refractivity contribution in [2.45, 2.75) is 70.3 Å². The van der Waals surface area contributed by atoms with E-state index in [4.69, 9.17) is 0 Å². The Kier molecular flexibility index (Phi) is 2.92. The van der Waals surface area contributed by atoms with E-state index in [0.29, 0.717) is 11.8 Å². The fourth-order valence-corrected chi connectivity index (χ4v) is 4.25. The fraction of sp³-hybridized carbons (Fsp3) is 0.933. The van der Waals surface area contributed by atoms with Gasteiger partial charge in [0.25, 0.3) is 0 Å². The maximum Gasteiger partial charge on any atom is 0.223 e. The van der Waals surface area contributed by atoms with Crippen LogP contribution in [-0.2, 0) is 4.79 Å². The van der Waals surface area contributed by atoms with Crippen molar-refractivity contribution in [3.05, 3.63) is 0 Å². The summed E-state index contributed by atoms with van der Waals surface area (Å²) < 4.78 is 0. The molecule has 1 amide bonds. The van der Waals surface area contributed by atoms with Gasteiger partial charge in [0.2, 0.25) is 5.91 Å². The maximum absolute atomic E-state index is 12.3. The van der Waals surface area contributed by atoms with Crippen molar-refractivity contribution in [3.8, 4) is 0 Å². The topological polar surface area (TPSA) is 29.1 Å². The molecule has 0 heterocycles. The SMILES string of the molecule is CC1CCC(C(=O)NC23CCC(CC2)C3)CC1. The van der Waals surface area contributed by atoms with Gasteiger partial charge in [-0.15, -0.1) is 0 Å². The Labute approximate surface area is 105 Å². The molecule has 3 aliphatic carbocycles. The molecule has 0 aromatic heterocycles. The van der Waals surface area contributed by atoms with Gasteiger partial charge in [-0.1, -0.05) is 6.92 Å². The van der Waals surface area contributed by atoms with Crippen molar-refractivity contribution >= 4 is 5.91 Å². The second kappa shape index (κ2) is 4.29. The van der Waals surface area contributed by atoms with Crippen LogP contribution in [0, 0.1) is 17.8 Å². The second-order valence-electron chi connectivity index (χ2n) is 6.87. The first kappa shape index (κ1) is 11.6. The summed E-state index contributed by atoms with van der Waals surface area (Å²) in [4.78, 5) is 12.3. The Morgan fingerprint density at radius 3 is 2.24 bits per heavy atom. The van der Waals surface area contributed by atoms with Gasteiger partial charge in [0, 0.05) is 11.5 Å². The molecule has 0 atom stereocenters. The summed E-state index contributed by atoms with van der Waals surface area (Å²) in [6, 6.07) is 0. The molecule has 0 aromatic rings. The third-order valence-electron chi connectivity index (χ3n) is 5.52. The maximum atomic E-state index is 12.3. The van der Waals surface area contributed by atoms with Crippen molar-refractivity contribution < 1.29 is 4.79 Å². The van der Waals surface area contributed by atoms with E-state index in [1.807, 2.05) is 0 Å². The van der Waals surface area contributed by atoms with Crippen molar-refractivity contribution in [1.29, 1.82) is 0 Å². The molecule has 0 aromatic carbocycles. The summed E-state index contributed by atoms with van der Waals surface area (Å²) in [6.45, 7) is 2.31. The van der Waals surface area contributed by atoms with Crippen LogP contribution in [0.3, 0.4) is 0 Å². The van der Waals surface area contributed by atoms with Crippen molar-refractivity contribution in [1.82, 2.24) is 5.32 Å². The van der Waals surface area contributed by atoms with Gasteiger partial charge >= 0.3 is 0 Å². The number of carbonyl (C=O) groups is 1. The molecule has 0 saturated heterocycles. The normalized spacial score (nSPS) is 44.9. The highest BCUT2D eigenvalue weighted by molar-refractivity contribution is 5.79. The van der Waals surface area contributed by atoms with Crippen LogP contribution in [0.5, 0.6) is 0 Å². The molecule has 3 saturated carbocycles. The lowest BCUT2D eigenvalue weighted by Crippen LogP contribution is -2.48. The third kappa shape index (κ3) is 2.23. The Morgan fingerprint density at radius 1 is 1.06 bits per heavy atom. The molecule has 0 aliphatic heterocycles.